The smallest absolute Gasteiger partial charge is 0.188 e. The molecule has 0 aliphatic heterocycles. The van der Waals surface area contributed by atoms with Gasteiger partial charge in [0.2, 0.25) is 0 Å². The highest BCUT2D eigenvalue weighted by Gasteiger charge is 2.13. The second kappa shape index (κ2) is 15.4. The molecule has 0 radical (unpaired) electrons. The van der Waals surface area contributed by atoms with Gasteiger partial charge in [-0.05, 0) is 12.8 Å². The minimum atomic E-state index is 0.106. The molecule has 0 heterocycles. The van der Waals surface area contributed by atoms with Crippen LogP contribution in [-0.2, 0) is 4.79 Å². The summed E-state index contributed by atoms with van der Waals surface area (Å²) in [5, 5.41) is 0.106. The highest BCUT2D eigenvalue weighted by molar-refractivity contribution is 7.96. The van der Waals surface area contributed by atoms with Crippen molar-refractivity contribution in [3.63, 3.8) is 0 Å². The molecule has 20 heavy (non-hydrogen) atoms. The van der Waals surface area contributed by atoms with Gasteiger partial charge < -0.3 is 0 Å². The average molecular weight is 301 g/mol. The van der Waals surface area contributed by atoms with Crippen LogP contribution in [0.15, 0.2) is 0 Å². The summed E-state index contributed by atoms with van der Waals surface area (Å²) in [4.78, 5) is 11.4. The molecule has 1 unspecified atom stereocenters. The van der Waals surface area contributed by atoms with E-state index in [-0.39, 0.29) is 11.0 Å². The van der Waals surface area contributed by atoms with Gasteiger partial charge in [0.05, 0.1) is 0 Å². The molecule has 0 amide bonds. The van der Waals surface area contributed by atoms with Crippen molar-refractivity contribution >= 4 is 17.7 Å². The van der Waals surface area contributed by atoms with Gasteiger partial charge in [0.25, 0.3) is 0 Å². The van der Waals surface area contributed by atoms with Gasteiger partial charge in [0.1, 0.15) is 0 Å². The first-order valence-corrected chi connectivity index (χ1v) is 9.39. The third kappa shape index (κ3) is 13.0. The SMILES string of the molecule is CCCCCCCCCCCCC(CCCC)C(=O)S. The van der Waals surface area contributed by atoms with E-state index in [0.717, 1.165) is 19.3 Å². The first-order chi connectivity index (χ1) is 9.72. The van der Waals surface area contributed by atoms with Crippen molar-refractivity contribution in [3.8, 4) is 0 Å². The monoisotopic (exact) mass is 300 g/mol. The Morgan fingerprint density at radius 1 is 0.700 bits per heavy atom. The van der Waals surface area contributed by atoms with Gasteiger partial charge in [-0.3, -0.25) is 4.79 Å². The van der Waals surface area contributed by atoms with Crippen molar-refractivity contribution in [2.24, 2.45) is 5.92 Å². The summed E-state index contributed by atoms with van der Waals surface area (Å²) in [5.41, 5.74) is 0. The topological polar surface area (TPSA) is 17.1 Å². The molecule has 2 heteroatoms. The fourth-order valence-electron chi connectivity index (χ4n) is 2.72. The maximum absolute atomic E-state index is 11.4. The molecule has 0 fully saturated rings. The van der Waals surface area contributed by atoms with E-state index in [2.05, 4.69) is 26.5 Å². The molecular weight excluding hydrogens is 264 g/mol. The molecule has 0 spiro atoms. The maximum atomic E-state index is 11.4. The van der Waals surface area contributed by atoms with Crippen molar-refractivity contribution in [1.29, 1.82) is 0 Å². The lowest BCUT2D eigenvalue weighted by Crippen LogP contribution is -2.08. The minimum Gasteiger partial charge on any atom is -0.287 e. The molecule has 0 aliphatic rings. The first kappa shape index (κ1) is 20.0. The molecule has 0 N–H and O–H groups in total. The van der Waals surface area contributed by atoms with Gasteiger partial charge in [0.15, 0.2) is 5.12 Å². The highest BCUT2D eigenvalue weighted by atomic mass is 32.1. The van der Waals surface area contributed by atoms with Crippen LogP contribution in [0.1, 0.15) is 104 Å². The van der Waals surface area contributed by atoms with Crippen molar-refractivity contribution < 1.29 is 4.79 Å². The summed E-state index contributed by atoms with van der Waals surface area (Å²) in [6.07, 6.45) is 18.0. The molecule has 120 valence electrons. The third-order valence-electron chi connectivity index (χ3n) is 4.16. The van der Waals surface area contributed by atoms with E-state index in [1.807, 2.05) is 0 Å². The molecule has 0 aromatic rings. The van der Waals surface area contributed by atoms with Crippen molar-refractivity contribution in [1.82, 2.24) is 0 Å². The van der Waals surface area contributed by atoms with Gasteiger partial charge in [0, 0.05) is 5.92 Å². The zero-order valence-electron chi connectivity index (χ0n) is 13.8. The van der Waals surface area contributed by atoms with Crippen LogP contribution < -0.4 is 0 Å². The van der Waals surface area contributed by atoms with Gasteiger partial charge in [-0.2, -0.15) is 0 Å². The molecule has 0 saturated heterocycles. The summed E-state index contributed by atoms with van der Waals surface area (Å²) in [5.74, 6) is 0.215. The Balaban J connectivity index is 3.34. The molecule has 0 rings (SSSR count). The van der Waals surface area contributed by atoms with E-state index in [1.165, 1.54) is 70.6 Å². The Kier molecular flexibility index (Phi) is 15.4. The van der Waals surface area contributed by atoms with Crippen LogP contribution >= 0.6 is 12.6 Å². The predicted octanol–water partition coefficient (Wildman–Crippen LogP) is 6.56. The Hall–Kier alpha value is 0.0200. The van der Waals surface area contributed by atoms with Crippen LogP contribution in [0.25, 0.3) is 0 Å². The lowest BCUT2D eigenvalue weighted by molar-refractivity contribution is -0.114. The van der Waals surface area contributed by atoms with Gasteiger partial charge in [-0.1, -0.05) is 90.9 Å². The molecule has 0 saturated carbocycles. The summed E-state index contributed by atoms with van der Waals surface area (Å²) in [6, 6.07) is 0. The van der Waals surface area contributed by atoms with Crippen LogP contribution in [0.2, 0.25) is 0 Å². The van der Waals surface area contributed by atoms with Crippen LogP contribution in [0.4, 0.5) is 0 Å². The number of hydrogen-bond donors (Lipinski definition) is 1. The zero-order valence-corrected chi connectivity index (χ0v) is 14.7. The number of hydrogen-bond acceptors (Lipinski definition) is 1. The highest BCUT2D eigenvalue weighted by Crippen LogP contribution is 2.20. The van der Waals surface area contributed by atoms with Crippen LogP contribution in [0, 0.1) is 5.92 Å². The number of rotatable bonds is 15. The first-order valence-electron chi connectivity index (χ1n) is 8.95. The van der Waals surface area contributed by atoms with E-state index in [0.29, 0.717) is 0 Å². The van der Waals surface area contributed by atoms with E-state index < -0.39 is 0 Å². The van der Waals surface area contributed by atoms with E-state index in [1.54, 1.807) is 0 Å². The molecule has 0 aromatic heterocycles. The largest absolute Gasteiger partial charge is 0.287 e. The minimum absolute atomic E-state index is 0.106. The van der Waals surface area contributed by atoms with Crippen molar-refractivity contribution in [2.45, 2.75) is 104 Å². The van der Waals surface area contributed by atoms with Gasteiger partial charge in [-0.15, -0.1) is 12.6 Å². The van der Waals surface area contributed by atoms with Crippen molar-refractivity contribution in [3.05, 3.63) is 0 Å². The van der Waals surface area contributed by atoms with Gasteiger partial charge >= 0.3 is 0 Å². The Morgan fingerprint density at radius 3 is 1.55 bits per heavy atom. The molecule has 1 atom stereocenters. The maximum Gasteiger partial charge on any atom is 0.188 e. The average Bonchev–Trinajstić information content (AvgIpc) is 2.43. The number of carbonyl (C=O) groups is 1. The third-order valence-corrected chi connectivity index (χ3v) is 4.53. The summed E-state index contributed by atoms with van der Waals surface area (Å²) in [6.45, 7) is 4.45. The quantitative estimate of drug-likeness (QED) is 0.268. The molecule has 0 bridgehead atoms. The van der Waals surface area contributed by atoms with Crippen molar-refractivity contribution in [2.75, 3.05) is 0 Å². The number of unbranched alkanes of at least 4 members (excludes halogenated alkanes) is 10. The molecule has 1 nitrogen and oxygen atoms in total. The lowest BCUT2D eigenvalue weighted by Gasteiger charge is -2.12. The Bertz CT molecular complexity index is 215. The van der Waals surface area contributed by atoms with Gasteiger partial charge in [-0.25, -0.2) is 0 Å². The fraction of sp³-hybridized carbons (Fsp3) is 0.944. The zero-order chi connectivity index (χ0) is 15.1. The van der Waals surface area contributed by atoms with Crippen LogP contribution in [0.3, 0.4) is 0 Å². The Morgan fingerprint density at radius 2 is 1.10 bits per heavy atom. The Labute approximate surface area is 132 Å². The van der Waals surface area contributed by atoms with E-state index in [4.69, 9.17) is 0 Å². The number of thiol groups is 1. The number of carbonyl (C=O) groups excluding carboxylic acids is 1. The van der Waals surface area contributed by atoms with E-state index in [9.17, 15) is 4.79 Å². The normalized spacial score (nSPS) is 12.6. The summed E-state index contributed by atoms with van der Waals surface area (Å²) in [7, 11) is 0. The standard InChI is InChI=1S/C18H36OS/c1-3-5-7-8-9-10-11-12-13-14-16-17(18(19)20)15-6-4-2/h17H,3-16H2,1-2H3,(H,19,20). The summed E-state index contributed by atoms with van der Waals surface area (Å²) < 4.78 is 0. The predicted molar refractivity (Wildman–Crippen MR) is 93.5 cm³/mol. The molecular formula is C18H36OS. The molecule has 0 aromatic carbocycles. The van der Waals surface area contributed by atoms with Crippen LogP contribution in [0.5, 0.6) is 0 Å². The fourth-order valence-corrected chi connectivity index (χ4v) is 2.98. The van der Waals surface area contributed by atoms with E-state index >= 15 is 0 Å². The molecule has 0 aliphatic carbocycles. The second-order valence-corrected chi connectivity index (χ2v) is 6.59. The summed E-state index contributed by atoms with van der Waals surface area (Å²) >= 11 is 4.03. The van der Waals surface area contributed by atoms with Crippen LogP contribution in [-0.4, -0.2) is 5.12 Å². The second-order valence-electron chi connectivity index (χ2n) is 6.15. The lowest BCUT2D eigenvalue weighted by atomic mass is 9.96.